The van der Waals surface area contributed by atoms with Crippen LogP contribution < -0.4 is 5.32 Å². The Bertz CT molecular complexity index is 955. The second kappa shape index (κ2) is 7.00. The molecule has 1 aliphatic carbocycles. The summed E-state index contributed by atoms with van der Waals surface area (Å²) in [5, 5.41) is 4.07. The van der Waals surface area contributed by atoms with Gasteiger partial charge in [-0.15, -0.1) is 0 Å². The molecule has 1 aliphatic rings. The minimum atomic E-state index is -0.439. The number of nitrogens with one attached hydrogen (secondary N) is 2. The average Bonchev–Trinajstić information content (AvgIpc) is 2.99. The van der Waals surface area contributed by atoms with E-state index in [1.54, 1.807) is 0 Å². The summed E-state index contributed by atoms with van der Waals surface area (Å²) in [5.41, 5.74) is 3.77. The Hall–Kier alpha value is -2.53. The molecular weight excluding hydrogens is 355 g/mol. The van der Waals surface area contributed by atoms with Gasteiger partial charge in [0.1, 0.15) is 12.4 Å². The standard InChI is InChI=1S/C20H18ClFN2O2/c21-17-9-13(22)8-16-15-10-14(6-7-18(15)24-19(16)17)23-20(25)26-11-12-4-2-1-3-5-12/h1-5,8-9,14,24H,6-7,10-11H2,(H,23,25)/t14-/m1/s1. The minimum absolute atomic E-state index is 0.0492. The summed E-state index contributed by atoms with van der Waals surface area (Å²) in [6.45, 7) is 0.235. The molecule has 2 N–H and O–H groups in total. The third kappa shape index (κ3) is 3.40. The number of ether oxygens (including phenoxy) is 1. The fraction of sp³-hybridized carbons (Fsp3) is 0.250. The maximum absolute atomic E-state index is 13.7. The van der Waals surface area contributed by atoms with E-state index in [0.717, 1.165) is 40.6 Å². The van der Waals surface area contributed by atoms with Crippen molar-refractivity contribution < 1.29 is 13.9 Å². The summed E-state index contributed by atoms with van der Waals surface area (Å²) >= 11 is 6.14. The summed E-state index contributed by atoms with van der Waals surface area (Å²) in [5.74, 6) is -0.360. The van der Waals surface area contributed by atoms with E-state index in [2.05, 4.69) is 10.3 Å². The molecule has 0 fully saturated rings. The monoisotopic (exact) mass is 372 g/mol. The predicted molar refractivity (Wildman–Crippen MR) is 98.8 cm³/mol. The van der Waals surface area contributed by atoms with Crippen LogP contribution in [0.3, 0.4) is 0 Å². The van der Waals surface area contributed by atoms with E-state index >= 15 is 0 Å². The Labute approximate surface area is 155 Å². The largest absolute Gasteiger partial charge is 0.445 e. The molecule has 4 rings (SSSR count). The zero-order chi connectivity index (χ0) is 18.1. The molecular formula is C20H18ClFN2O2. The lowest BCUT2D eigenvalue weighted by atomic mass is 9.91. The smallest absolute Gasteiger partial charge is 0.407 e. The predicted octanol–water partition coefficient (Wildman–Crippen LogP) is 4.74. The fourth-order valence-electron chi connectivity index (χ4n) is 3.50. The van der Waals surface area contributed by atoms with Crippen molar-refractivity contribution in [2.45, 2.75) is 31.9 Å². The van der Waals surface area contributed by atoms with Crippen LogP contribution in [0.25, 0.3) is 10.9 Å². The highest BCUT2D eigenvalue weighted by Crippen LogP contribution is 2.33. The Balaban J connectivity index is 1.44. The molecule has 134 valence electrons. The van der Waals surface area contributed by atoms with E-state index in [4.69, 9.17) is 16.3 Å². The normalized spacial score (nSPS) is 16.3. The lowest BCUT2D eigenvalue weighted by Crippen LogP contribution is -2.39. The van der Waals surface area contributed by atoms with Crippen molar-refractivity contribution in [3.8, 4) is 0 Å². The quantitative estimate of drug-likeness (QED) is 0.697. The molecule has 0 spiro atoms. The molecule has 1 aromatic heterocycles. The van der Waals surface area contributed by atoms with Crippen LogP contribution in [0.15, 0.2) is 42.5 Å². The number of alkyl carbamates (subject to hydrolysis) is 1. The van der Waals surface area contributed by atoms with Crippen molar-refractivity contribution in [3.05, 3.63) is 70.1 Å². The number of carbonyl (C=O) groups is 1. The molecule has 0 bridgehead atoms. The van der Waals surface area contributed by atoms with Crippen LogP contribution in [0.2, 0.25) is 5.02 Å². The van der Waals surface area contributed by atoms with E-state index < -0.39 is 6.09 Å². The number of carbonyl (C=O) groups excluding carboxylic acids is 1. The lowest BCUT2D eigenvalue weighted by molar-refractivity contribution is 0.134. The Morgan fingerprint density at radius 2 is 2.12 bits per heavy atom. The van der Waals surface area contributed by atoms with Crippen LogP contribution in [0.5, 0.6) is 0 Å². The van der Waals surface area contributed by atoms with Gasteiger partial charge in [0.2, 0.25) is 0 Å². The summed E-state index contributed by atoms with van der Waals surface area (Å²) in [6, 6.07) is 12.3. The van der Waals surface area contributed by atoms with Crippen LogP contribution >= 0.6 is 11.6 Å². The van der Waals surface area contributed by atoms with Crippen LogP contribution in [-0.2, 0) is 24.2 Å². The molecule has 1 atom stereocenters. The number of fused-ring (bicyclic) bond motifs is 3. The molecule has 4 nitrogen and oxygen atoms in total. The van der Waals surface area contributed by atoms with Gasteiger partial charge in [-0.25, -0.2) is 9.18 Å². The molecule has 0 saturated carbocycles. The van der Waals surface area contributed by atoms with Crippen molar-refractivity contribution in [1.29, 1.82) is 0 Å². The van der Waals surface area contributed by atoms with Crippen molar-refractivity contribution in [3.63, 3.8) is 0 Å². The lowest BCUT2D eigenvalue weighted by Gasteiger charge is -2.23. The molecule has 0 unspecified atom stereocenters. The Morgan fingerprint density at radius 3 is 2.92 bits per heavy atom. The first-order chi connectivity index (χ1) is 12.6. The first-order valence-electron chi connectivity index (χ1n) is 8.56. The van der Waals surface area contributed by atoms with Gasteiger partial charge in [-0.2, -0.15) is 0 Å². The molecule has 26 heavy (non-hydrogen) atoms. The maximum Gasteiger partial charge on any atom is 0.407 e. The summed E-state index contributed by atoms with van der Waals surface area (Å²) in [4.78, 5) is 15.4. The zero-order valence-corrected chi connectivity index (χ0v) is 14.8. The summed E-state index contributed by atoms with van der Waals surface area (Å²) in [7, 11) is 0. The number of hydrogen-bond acceptors (Lipinski definition) is 2. The van der Waals surface area contributed by atoms with E-state index in [-0.39, 0.29) is 18.5 Å². The van der Waals surface area contributed by atoms with Gasteiger partial charge in [0.05, 0.1) is 10.5 Å². The maximum atomic E-state index is 13.7. The highest BCUT2D eigenvalue weighted by Gasteiger charge is 2.25. The first kappa shape index (κ1) is 16.9. The van der Waals surface area contributed by atoms with Crippen LogP contribution in [0.1, 0.15) is 23.2 Å². The summed E-state index contributed by atoms with van der Waals surface area (Å²) < 4.78 is 19.0. The molecule has 2 aromatic carbocycles. The number of halogens is 2. The Kier molecular flexibility index (Phi) is 4.55. The van der Waals surface area contributed by atoms with Crippen LogP contribution in [0.4, 0.5) is 9.18 Å². The second-order valence-electron chi connectivity index (χ2n) is 6.54. The molecule has 0 saturated heterocycles. The topological polar surface area (TPSA) is 54.1 Å². The highest BCUT2D eigenvalue weighted by atomic mass is 35.5. The molecule has 0 aliphatic heterocycles. The number of hydrogen-bond donors (Lipinski definition) is 2. The highest BCUT2D eigenvalue weighted by molar-refractivity contribution is 6.35. The van der Waals surface area contributed by atoms with Gasteiger partial charge in [-0.05, 0) is 42.5 Å². The number of aryl methyl sites for hydroxylation is 1. The van der Waals surface area contributed by atoms with Crippen molar-refractivity contribution in [2.24, 2.45) is 0 Å². The third-order valence-corrected chi connectivity index (χ3v) is 5.05. The average molecular weight is 373 g/mol. The van der Waals surface area contributed by atoms with Gasteiger partial charge < -0.3 is 15.0 Å². The second-order valence-corrected chi connectivity index (χ2v) is 6.95. The molecule has 0 radical (unpaired) electrons. The SMILES string of the molecule is O=C(N[C@@H]1CCc2[nH]c3c(Cl)cc(F)cc3c2C1)OCc1ccccc1. The Morgan fingerprint density at radius 1 is 1.31 bits per heavy atom. The molecule has 6 heteroatoms. The van der Waals surface area contributed by atoms with Gasteiger partial charge >= 0.3 is 6.09 Å². The van der Waals surface area contributed by atoms with E-state index in [0.29, 0.717) is 11.4 Å². The number of aromatic amines is 1. The van der Waals surface area contributed by atoms with Gasteiger partial charge in [0.15, 0.2) is 0 Å². The van der Waals surface area contributed by atoms with Gasteiger partial charge in [-0.3, -0.25) is 0 Å². The summed E-state index contributed by atoms with van der Waals surface area (Å²) in [6.07, 6.45) is 1.74. The number of H-pyrrole nitrogens is 1. The molecule has 1 amide bonds. The van der Waals surface area contributed by atoms with Crippen molar-refractivity contribution in [1.82, 2.24) is 10.3 Å². The number of benzene rings is 2. The first-order valence-corrected chi connectivity index (χ1v) is 8.93. The van der Waals surface area contributed by atoms with Crippen molar-refractivity contribution in [2.75, 3.05) is 0 Å². The van der Waals surface area contributed by atoms with Gasteiger partial charge in [0, 0.05) is 17.1 Å². The van der Waals surface area contributed by atoms with E-state index in [1.165, 1.54) is 12.1 Å². The minimum Gasteiger partial charge on any atom is -0.445 e. The van der Waals surface area contributed by atoms with E-state index in [1.807, 2.05) is 30.3 Å². The molecule has 3 aromatic rings. The zero-order valence-electron chi connectivity index (χ0n) is 14.0. The van der Waals surface area contributed by atoms with Crippen LogP contribution in [-0.4, -0.2) is 17.1 Å². The number of aromatic nitrogens is 1. The fourth-order valence-corrected chi connectivity index (χ4v) is 3.75. The van der Waals surface area contributed by atoms with E-state index in [9.17, 15) is 9.18 Å². The van der Waals surface area contributed by atoms with Crippen LogP contribution in [0, 0.1) is 5.82 Å². The number of amides is 1. The molecule has 1 heterocycles. The third-order valence-electron chi connectivity index (χ3n) is 4.75. The van der Waals surface area contributed by atoms with Gasteiger partial charge in [-0.1, -0.05) is 41.9 Å². The van der Waals surface area contributed by atoms with Crippen molar-refractivity contribution >= 4 is 28.6 Å². The number of rotatable bonds is 3. The van der Waals surface area contributed by atoms with Gasteiger partial charge in [0.25, 0.3) is 0 Å².